The number of carboxylic acid groups (broad SMARTS) is 1. The number of nitrogens with zero attached hydrogens (tertiary/aromatic N) is 5. The zero-order valence-electron chi connectivity index (χ0n) is 48.5. The van der Waals surface area contributed by atoms with Crippen LogP contribution in [0.15, 0.2) is 159 Å². The molecule has 0 spiro atoms. The van der Waals surface area contributed by atoms with Gasteiger partial charge in [-0.05, 0) is 157 Å². The van der Waals surface area contributed by atoms with Crippen molar-refractivity contribution in [3.05, 3.63) is 215 Å². The van der Waals surface area contributed by atoms with Gasteiger partial charge in [-0.3, -0.25) is 4.79 Å². The molecular formula is C68H51Br3F3N5O9S3. The fourth-order valence-electron chi connectivity index (χ4n) is 10.6. The Hall–Kier alpha value is -8.19. The molecule has 0 saturated carbocycles. The number of ketones is 1. The molecule has 6 aromatic carbocycles. The summed E-state index contributed by atoms with van der Waals surface area (Å²) in [5.74, 6) is 0.867. The lowest BCUT2D eigenvalue weighted by atomic mass is 9.97. The van der Waals surface area contributed by atoms with Gasteiger partial charge in [-0.25, -0.2) is 37.1 Å². The van der Waals surface area contributed by atoms with Crippen molar-refractivity contribution in [3.63, 3.8) is 0 Å². The highest BCUT2D eigenvalue weighted by Gasteiger charge is 2.27. The molecule has 9 heterocycles. The van der Waals surface area contributed by atoms with Crippen molar-refractivity contribution in [2.75, 3.05) is 33.5 Å². The Bertz CT molecular complexity index is 4620. The number of rotatable bonds is 6. The van der Waals surface area contributed by atoms with Gasteiger partial charge < -0.3 is 28.8 Å². The average molecular weight is 1480 g/mol. The Balaban J connectivity index is 0.000000122. The van der Waals surface area contributed by atoms with E-state index in [9.17, 15) is 32.7 Å². The molecular weight excluding hydrogens is 1420 g/mol. The highest BCUT2D eigenvalue weighted by molar-refractivity contribution is 9.11. The molecule has 14 nitrogen and oxygen atoms in total. The van der Waals surface area contributed by atoms with E-state index in [2.05, 4.69) is 69.0 Å². The molecule has 1 atom stereocenters. The molecule has 462 valence electrons. The molecule has 5 aromatic heterocycles. The number of methoxy groups -OCH3 is 1. The number of thiophene rings is 3. The monoisotopic (exact) mass is 1470 g/mol. The Morgan fingerprint density at radius 3 is 1.74 bits per heavy atom. The van der Waals surface area contributed by atoms with Crippen molar-refractivity contribution in [3.8, 4) is 87.0 Å². The Morgan fingerprint density at radius 2 is 1.12 bits per heavy atom. The van der Waals surface area contributed by atoms with Gasteiger partial charge in [0, 0.05) is 76.0 Å². The highest BCUT2D eigenvalue weighted by atomic mass is 79.9. The number of aromatic nitrogens is 5. The molecule has 11 aromatic rings. The van der Waals surface area contributed by atoms with Crippen molar-refractivity contribution >= 4 is 99.5 Å². The first-order valence-corrected chi connectivity index (χ1v) is 33.3. The zero-order valence-corrected chi connectivity index (χ0v) is 55.7. The second-order valence-electron chi connectivity index (χ2n) is 21.2. The molecule has 4 aliphatic heterocycles. The van der Waals surface area contributed by atoms with Crippen LogP contribution >= 0.6 is 81.8 Å². The first-order chi connectivity index (χ1) is 44.0. The summed E-state index contributed by atoms with van der Waals surface area (Å²) in [6.45, 7) is 6.06. The number of carbonyl (C=O) groups excluding carboxylic acids is 2. The molecule has 91 heavy (non-hydrogen) atoms. The van der Waals surface area contributed by atoms with Crippen molar-refractivity contribution in [1.29, 1.82) is 0 Å². The second kappa shape index (κ2) is 27.3. The minimum Gasteiger partial charge on any atom is -0.493 e. The number of hydrogen-bond donors (Lipinski definition) is 1. The molecule has 0 fully saturated rings. The molecule has 0 aliphatic carbocycles. The minimum absolute atomic E-state index is 0.0671. The fraction of sp³-hybridized carbons (Fsp3) is 0.176. The van der Waals surface area contributed by atoms with Gasteiger partial charge in [-0.2, -0.15) is 10.2 Å². The number of benzene rings is 6. The summed E-state index contributed by atoms with van der Waals surface area (Å²) in [5.41, 5.74) is 9.39. The number of aryl methyl sites for hydroxylation is 1. The molecule has 0 bridgehead atoms. The van der Waals surface area contributed by atoms with Crippen LogP contribution in [-0.4, -0.2) is 80.9 Å². The van der Waals surface area contributed by atoms with Gasteiger partial charge in [0.2, 0.25) is 0 Å². The van der Waals surface area contributed by atoms with E-state index in [1.165, 1.54) is 69.2 Å². The first-order valence-electron chi connectivity index (χ1n) is 28.4. The molecule has 15 rings (SSSR count). The van der Waals surface area contributed by atoms with Crippen molar-refractivity contribution in [2.24, 2.45) is 5.92 Å². The lowest BCUT2D eigenvalue weighted by Gasteiger charge is -2.08. The number of halogens is 6. The molecule has 0 amide bonds. The number of aromatic carboxylic acids is 1. The van der Waals surface area contributed by atoms with E-state index in [0.717, 1.165) is 114 Å². The maximum Gasteiger partial charge on any atom is 0.348 e. The van der Waals surface area contributed by atoms with E-state index < -0.39 is 17.6 Å². The summed E-state index contributed by atoms with van der Waals surface area (Å²) in [7, 11) is 1.40. The molecule has 23 heteroatoms. The Labute approximate surface area is 557 Å². The maximum absolute atomic E-state index is 14.5. The second-order valence-corrected chi connectivity index (χ2v) is 27.1. The number of fused-ring (bicyclic) bond motifs is 10. The van der Waals surface area contributed by atoms with Gasteiger partial charge >= 0.3 is 11.9 Å². The summed E-state index contributed by atoms with van der Waals surface area (Å²) in [4.78, 5) is 44.9. The third-order valence-electron chi connectivity index (χ3n) is 15.1. The molecule has 1 N–H and O–H groups in total. The predicted octanol–water partition coefficient (Wildman–Crippen LogP) is 17.9. The zero-order chi connectivity index (χ0) is 63.6. The summed E-state index contributed by atoms with van der Waals surface area (Å²) in [6, 6.07) is 38.8. The average Bonchev–Trinajstić information content (AvgIpc) is 1.70. The van der Waals surface area contributed by atoms with Crippen molar-refractivity contribution in [1.82, 2.24) is 24.5 Å². The molecule has 0 radical (unpaired) electrons. The van der Waals surface area contributed by atoms with E-state index >= 15 is 0 Å². The molecule has 4 aliphatic rings. The number of ether oxygens (including phenoxy) is 5. The van der Waals surface area contributed by atoms with Crippen LogP contribution in [0.2, 0.25) is 0 Å². The van der Waals surface area contributed by atoms with Crippen molar-refractivity contribution < 1.29 is 56.3 Å². The molecule has 0 saturated heterocycles. The molecule has 1 unspecified atom stereocenters. The van der Waals surface area contributed by atoms with Crippen LogP contribution in [0.3, 0.4) is 0 Å². The third kappa shape index (κ3) is 13.6. The van der Waals surface area contributed by atoms with Crippen LogP contribution < -0.4 is 18.9 Å². The highest BCUT2D eigenvalue weighted by Crippen LogP contribution is 2.47. The Kier molecular flexibility index (Phi) is 18.9. The predicted molar refractivity (Wildman–Crippen MR) is 356 cm³/mol. The lowest BCUT2D eigenvalue weighted by Crippen LogP contribution is -2.09. The lowest BCUT2D eigenvalue weighted by molar-refractivity contribution is 0.0605. The minimum atomic E-state index is -0.994. The smallest absolute Gasteiger partial charge is 0.348 e. The van der Waals surface area contributed by atoms with Crippen LogP contribution in [0.25, 0.3) is 64.0 Å². The van der Waals surface area contributed by atoms with Crippen molar-refractivity contribution in [2.45, 2.75) is 39.5 Å². The van der Waals surface area contributed by atoms with Gasteiger partial charge in [-0.1, -0.05) is 60.8 Å². The summed E-state index contributed by atoms with van der Waals surface area (Å²) < 4.78 is 75.8. The van der Waals surface area contributed by atoms with Crippen LogP contribution in [0, 0.1) is 30.3 Å². The third-order valence-corrected chi connectivity index (χ3v) is 20.3. The first kappa shape index (κ1) is 63.0. The topological polar surface area (TPSA) is 166 Å². The van der Waals surface area contributed by atoms with Gasteiger partial charge in [0.25, 0.3) is 0 Å². The van der Waals surface area contributed by atoms with Crippen LogP contribution in [0.5, 0.6) is 23.0 Å². The number of hydrogen-bond acceptors (Lipinski definition) is 14. The fourth-order valence-corrected chi connectivity index (χ4v) is 15.3. The number of esters is 1. The van der Waals surface area contributed by atoms with Gasteiger partial charge in [0.05, 0.1) is 66.3 Å². The van der Waals surface area contributed by atoms with Gasteiger partial charge in [0.15, 0.2) is 17.4 Å². The summed E-state index contributed by atoms with van der Waals surface area (Å²) in [5, 5.41) is 17.8. The summed E-state index contributed by atoms with van der Waals surface area (Å²) in [6.07, 6.45) is 6.10. The van der Waals surface area contributed by atoms with E-state index in [1.807, 2.05) is 92.7 Å². The van der Waals surface area contributed by atoms with E-state index in [1.54, 1.807) is 41.8 Å². The van der Waals surface area contributed by atoms with E-state index in [-0.39, 0.29) is 34.7 Å². The van der Waals surface area contributed by atoms with Crippen LogP contribution in [-0.2, 0) is 24.0 Å². The maximum atomic E-state index is 14.5. The quantitative estimate of drug-likeness (QED) is 0.157. The summed E-state index contributed by atoms with van der Waals surface area (Å²) >= 11 is 14.9. The van der Waals surface area contributed by atoms with E-state index in [0.29, 0.717) is 66.3 Å². The van der Waals surface area contributed by atoms with Crippen LogP contribution in [0.4, 0.5) is 13.2 Å². The van der Waals surface area contributed by atoms with E-state index in [4.69, 9.17) is 23.7 Å². The number of carboxylic acids is 1. The largest absolute Gasteiger partial charge is 0.493 e. The number of Topliss-reactive ketones (excluding diaryl/α,β-unsaturated/α-hetero) is 1. The standard InChI is InChI=1S/C22H16FN3O3S.C21H13BrF2N2OS.C14H11BrO3S.C11H11BrO2/c1-12-2-5-17(16(23)8-12)26-21(24-11-25-26)19-10-13-6-7-29-18-9-14(22(27)28)3-4-15(18)20(13)30-19;22-13-1-3-15-19(10-13)27-8-6-12-9-20(28-21(12)15)18-5-7-25-26(18)17-4-2-14(23)11-16(17)24;1-17-14(16)12-6-8-4-5-18-11-7-9(15)2-3-10(11)13(8)19-12;1-7-4-5-14-10-6-8(12)2-3-9(10)11(7)13/h2-5,8-11H,6-7H2,1H3,(H,27,28);1-5,7,9-11H,6,8H2;2-3,6-7H,4-5H2,1H3;2-3,6-7H,4-5H2,1H3. The normalized spacial score (nSPS) is 14.0. The van der Waals surface area contributed by atoms with Crippen LogP contribution in [0.1, 0.15) is 66.0 Å². The number of carbonyl (C=O) groups is 3. The Morgan fingerprint density at radius 1 is 0.593 bits per heavy atom. The van der Waals surface area contributed by atoms with Gasteiger partial charge in [0.1, 0.15) is 57.2 Å². The SMILES string of the molecule is CC1CCOc2cc(Br)ccc2C1=O.COC(=O)c1cc2c(s1)-c1ccc(Br)cc1OCC2.Cc1ccc(-n2ncnc2-c2cc3c(s2)-c2ccc(C(=O)O)cc2OCC3)c(F)c1.Fc1ccc(-n2nccc2-c2cc3c(s2)-c2ccc(Br)cc2OCC3)c(F)c1. The van der Waals surface area contributed by atoms with Gasteiger partial charge in [-0.15, -0.1) is 34.0 Å².